The maximum Gasteiger partial charge on any atom is 0.160 e. The second-order valence-corrected chi connectivity index (χ2v) is 6.19. The van der Waals surface area contributed by atoms with E-state index in [0.717, 1.165) is 29.0 Å². The van der Waals surface area contributed by atoms with E-state index in [1.54, 1.807) is 14.2 Å². The number of alkyl halides is 1. The SMILES string of the molecule is COc1ccc(CC(Cl)c2cccc(I)c2)cc1OC. The molecule has 0 bridgehead atoms. The Labute approximate surface area is 138 Å². The van der Waals surface area contributed by atoms with E-state index in [4.69, 9.17) is 21.1 Å². The van der Waals surface area contributed by atoms with E-state index in [9.17, 15) is 0 Å². The molecule has 106 valence electrons. The van der Waals surface area contributed by atoms with Crippen molar-refractivity contribution in [2.75, 3.05) is 14.2 Å². The van der Waals surface area contributed by atoms with Gasteiger partial charge in [0.05, 0.1) is 19.6 Å². The lowest BCUT2D eigenvalue weighted by Gasteiger charge is -2.13. The van der Waals surface area contributed by atoms with Gasteiger partial charge in [-0.15, -0.1) is 11.6 Å². The fourth-order valence-corrected chi connectivity index (χ4v) is 2.91. The van der Waals surface area contributed by atoms with Gasteiger partial charge in [0.1, 0.15) is 0 Å². The van der Waals surface area contributed by atoms with E-state index in [1.165, 1.54) is 3.57 Å². The molecule has 0 aliphatic rings. The van der Waals surface area contributed by atoms with E-state index in [0.29, 0.717) is 0 Å². The molecule has 0 saturated carbocycles. The molecule has 1 atom stereocenters. The van der Waals surface area contributed by atoms with Crippen molar-refractivity contribution in [3.8, 4) is 11.5 Å². The molecular weight excluding hydrogens is 387 g/mol. The number of benzene rings is 2. The molecule has 0 N–H and O–H groups in total. The Morgan fingerprint density at radius 3 is 2.45 bits per heavy atom. The fraction of sp³-hybridized carbons (Fsp3) is 0.250. The molecule has 2 rings (SSSR count). The van der Waals surface area contributed by atoms with Crippen molar-refractivity contribution in [1.29, 1.82) is 0 Å². The molecule has 0 heterocycles. The minimum absolute atomic E-state index is 0.0529. The standard InChI is InChI=1S/C16H16ClIO2/c1-19-15-7-6-11(9-16(15)20-2)8-14(17)12-4-3-5-13(18)10-12/h3-7,9-10,14H,8H2,1-2H3. The first-order valence-corrected chi connectivity index (χ1v) is 7.76. The lowest BCUT2D eigenvalue weighted by molar-refractivity contribution is 0.354. The summed E-state index contributed by atoms with van der Waals surface area (Å²) in [6, 6.07) is 14.2. The van der Waals surface area contributed by atoms with Crippen molar-refractivity contribution >= 4 is 34.2 Å². The van der Waals surface area contributed by atoms with Crippen molar-refractivity contribution in [1.82, 2.24) is 0 Å². The lowest BCUT2D eigenvalue weighted by Crippen LogP contribution is -1.98. The Balaban J connectivity index is 2.17. The molecule has 2 aromatic rings. The third kappa shape index (κ3) is 3.79. The van der Waals surface area contributed by atoms with Gasteiger partial charge in [0.2, 0.25) is 0 Å². The van der Waals surface area contributed by atoms with Crippen LogP contribution in [-0.4, -0.2) is 14.2 Å². The topological polar surface area (TPSA) is 18.5 Å². The molecule has 0 saturated heterocycles. The third-order valence-electron chi connectivity index (χ3n) is 3.07. The van der Waals surface area contributed by atoms with Crippen LogP contribution in [0.4, 0.5) is 0 Å². The van der Waals surface area contributed by atoms with Crippen LogP contribution in [0.25, 0.3) is 0 Å². The van der Waals surface area contributed by atoms with Crippen molar-refractivity contribution < 1.29 is 9.47 Å². The van der Waals surface area contributed by atoms with Crippen LogP contribution in [0, 0.1) is 3.57 Å². The van der Waals surface area contributed by atoms with Gasteiger partial charge in [-0.1, -0.05) is 18.2 Å². The van der Waals surface area contributed by atoms with Gasteiger partial charge in [0.15, 0.2) is 11.5 Å². The minimum atomic E-state index is -0.0529. The van der Waals surface area contributed by atoms with Crippen LogP contribution < -0.4 is 9.47 Å². The number of rotatable bonds is 5. The van der Waals surface area contributed by atoms with Crippen LogP contribution in [-0.2, 0) is 6.42 Å². The van der Waals surface area contributed by atoms with E-state index >= 15 is 0 Å². The predicted molar refractivity (Wildman–Crippen MR) is 91.0 cm³/mol. The Kier molecular flexibility index (Phi) is 5.54. The smallest absolute Gasteiger partial charge is 0.160 e. The van der Waals surface area contributed by atoms with E-state index < -0.39 is 0 Å². The van der Waals surface area contributed by atoms with Gasteiger partial charge in [-0.05, 0) is 64.4 Å². The molecule has 2 aromatic carbocycles. The first-order chi connectivity index (χ1) is 9.63. The summed E-state index contributed by atoms with van der Waals surface area (Å²) in [4.78, 5) is 0. The van der Waals surface area contributed by atoms with Gasteiger partial charge in [-0.2, -0.15) is 0 Å². The average molecular weight is 403 g/mol. The van der Waals surface area contributed by atoms with Gasteiger partial charge in [-0.25, -0.2) is 0 Å². The Morgan fingerprint density at radius 2 is 1.80 bits per heavy atom. The van der Waals surface area contributed by atoms with E-state index in [-0.39, 0.29) is 5.38 Å². The Hall–Kier alpha value is -0.940. The highest BCUT2D eigenvalue weighted by molar-refractivity contribution is 14.1. The van der Waals surface area contributed by atoms with Gasteiger partial charge in [0, 0.05) is 3.57 Å². The molecular formula is C16H16ClIO2. The lowest BCUT2D eigenvalue weighted by atomic mass is 10.0. The number of ether oxygens (including phenoxy) is 2. The van der Waals surface area contributed by atoms with Crippen LogP contribution in [0.1, 0.15) is 16.5 Å². The largest absolute Gasteiger partial charge is 0.493 e. The Bertz CT molecular complexity index is 586. The van der Waals surface area contributed by atoms with Gasteiger partial charge < -0.3 is 9.47 Å². The maximum atomic E-state index is 6.51. The summed E-state index contributed by atoms with van der Waals surface area (Å²) in [6.45, 7) is 0. The van der Waals surface area contributed by atoms with Gasteiger partial charge in [0.25, 0.3) is 0 Å². The number of hydrogen-bond acceptors (Lipinski definition) is 2. The molecule has 20 heavy (non-hydrogen) atoms. The molecule has 0 aliphatic heterocycles. The molecule has 0 aliphatic carbocycles. The normalized spacial score (nSPS) is 12.0. The summed E-state index contributed by atoms with van der Waals surface area (Å²) >= 11 is 8.80. The summed E-state index contributed by atoms with van der Waals surface area (Å²) in [5.74, 6) is 1.47. The molecule has 0 aromatic heterocycles. The summed E-state index contributed by atoms with van der Waals surface area (Å²) in [5.41, 5.74) is 2.26. The first kappa shape index (κ1) is 15.4. The molecule has 0 radical (unpaired) electrons. The van der Waals surface area contributed by atoms with Gasteiger partial charge >= 0.3 is 0 Å². The second kappa shape index (κ2) is 7.18. The maximum absolute atomic E-state index is 6.51. The average Bonchev–Trinajstić information content (AvgIpc) is 2.47. The monoisotopic (exact) mass is 402 g/mol. The summed E-state index contributed by atoms with van der Waals surface area (Å²) in [6.07, 6.45) is 0.752. The number of methoxy groups -OCH3 is 2. The molecule has 4 heteroatoms. The second-order valence-electron chi connectivity index (χ2n) is 4.42. The summed E-state index contributed by atoms with van der Waals surface area (Å²) < 4.78 is 11.7. The van der Waals surface area contributed by atoms with Crippen molar-refractivity contribution in [3.63, 3.8) is 0 Å². The zero-order chi connectivity index (χ0) is 14.5. The quantitative estimate of drug-likeness (QED) is 0.527. The van der Waals surface area contributed by atoms with Crippen LogP contribution in [0.2, 0.25) is 0 Å². The number of hydrogen-bond donors (Lipinski definition) is 0. The minimum Gasteiger partial charge on any atom is -0.493 e. The Morgan fingerprint density at radius 1 is 1.05 bits per heavy atom. The predicted octanol–water partition coefficient (Wildman–Crippen LogP) is 4.83. The molecule has 2 nitrogen and oxygen atoms in total. The fourth-order valence-electron chi connectivity index (χ4n) is 2.03. The third-order valence-corrected chi connectivity index (χ3v) is 4.15. The van der Waals surface area contributed by atoms with Crippen molar-refractivity contribution in [2.45, 2.75) is 11.8 Å². The highest BCUT2D eigenvalue weighted by atomic mass is 127. The zero-order valence-corrected chi connectivity index (χ0v) is 14.3. The number of halogens is 2. The molecule has 1 unspecified atom stereocenters. The molecule has 0 spiro atoms. The summed E-state index contributed by atoms with van der Waals surface area (Å²) in [7, 11) is 3.27. The van der Waals surface area contributed by atoms with Crippen molar-refractivity contribution in [2.24, 2.45) is 0 Å². The van der Waals surface area contributed by atoms with E-state index in [2.05, 4.69) is 40.8 Å². The summed E-state index contributed by atoms with van der Waals surface area (Å²) in [5, 5.41) is -0.0529. The van der Waals surface area contributed by atoms with Crippen LogP contribution >= 0.6 is 34.2 Å². The molecule has 0 amide bonds. The molecule has 0 fully saturated rings. The van der Waals surface area contributed by atoms with Crippen LogP contribution in [0.15, 0.2) is 42.5 Å². The van der Waals surface area contributed by atoms with Crippen molar-refractivity contribution in [3.05, 3.63) is 57.2 Å². The van der Waals surface area contributed by atoms with E-state index in [1.807, 2.05) is 24.3 Å². The van der Waals surface area contributed by atoms with Crippen LogP contribution in [0.5, 0.6) is 11.5 Å². The van der Waals surface area contributed by atoms with Gasteiger partial charge in [-0.3, -0.25) is 0 Å². The highest BCUT2D eigenvalue weighted by Gasteiger charge is 2.11. The van der Waals surface area contributed by atoms with Crippen LogP contribution in [0.3, 0.4) is 0 Å². The highest BCUT2D eigenvalue weighted by Crippen LogP contribution is 2.31. The first-order valence-electron chi connectivity index (χ1n) is 6.24. The zero-order valence-electron chi connectivity index (χ0n) is 11.4.